The normalized spacial score (nSPS) is 11.7. The van der Waals surface area contributed by atoms with E-state index in [1.54, 1.807) is 21.1 Å². The second-order valence-corrected chi connectivity index (χ2v) is 8.15. The van der Waals surface area contributed by atoms with Crippen LogP contribution >= 0.6 is 15.9 Å². The molecule has 0 aliphatic rings. The fraction of sp³-hybridized carbons (Fsp3) is 0.391. The average Bonchev–Trinajstić information content (AvgIpc) is 2.75. The minimum atomic E-state index is -0.649. The highest BCUT2D eigenvalue weighted by molar-refractivity contribution is 9.10. The van der Waals surface area contributed by atoms with Crippen LogP contribution in [-0.2, 0) is 16.1 Å². The molecule has 0 saturated heterocycles. The third-order valence-corrected chi connectivity index (χ3v) is 5.49. The number of carbonyl (C=O) groups excluding carboxylic acids is 2. The molecule has 30 heavy (non-hydrogen) atoms. The van der Waals surface area contributed by atoms with Gasteiger partial charge in [0.2, 0.25) is 5.91 Å². The Morgan fingerprint density at radius 1 is 1.13 bits per heavy atom. The number of hydrogen-bond acceptors (Lipinski definition) is 4. The zero-order valence-corrected chi connectivity index (χ0v) is 19.7. The molecule has 0 saturated carbocycles. The number of nitrogens with one attached hydrogen (secondary N) is 1. The van der Waals surface area contributed by atoms with Crippen LogP contribution in [0.15, 0.2) is 46.9 Å². The van der Waals surface area contributed by atoms with Gasteiger partial charge in [0.1, 0.15) is 17.5 Å². The molecule has 1 N–H and O–H groups in total. The second kappa shape index (κ2) is 11.0. The maximum atomic E-state index is 13.0. The topological polar surface area (TPSA) is 67.9 Å². The van der Waals surface area contributed by atoms with Crippen LogP contribution in [-0.4, -0.2) is 43.5 Å². The molecule has 7 heteroatoms. The zero-order valence-electron chi connectivity index (χ0n) is 18.1. The third kappa shape index (κ3) is 6.23. The number of amides is 2. The number of hydrogen-bond donors (Lipinski definition) is 1. The molecule has 0 aliphatic carbocycles. The van der Waals surface area contributed by atoms with Crippen LogP contribution in [0, 0.1) is 0 Å². The Morgan fingerprint density at radius 2 is 1.87 bits per heavy atom. The number of ether oxygens (including phenoxy) is 2. The Hall–Kier alpha value is -2.54. The van der Waals surface area contributed by atoms with E-state index in [4.69, 9.17) is 9.47 Å². The molecule has 0 spiro atoms. The summed E-state index contributed by atoms with van der Waals surface area (Å²) in [5.74, 6) is 1.14. The molecule has 2 aromatic carbocycles. The number of benzene rings is 2. The number of halogens is 1. The Labute approximate surface area is 186 Å². The Balaban J connectivity index is 2.17. The molecule has 0 radical (unpaired) electrons. The highest BCUT2D eigenvalue weighted by Gasteiger charge is 2.26. The molecular formula is C23H29BrN2O4. The summed E-state index contributed by atoms with van der Waals surface area (Å²) >= 11 is 3.51. The van der Waals surface area contributed by atoms with Gasteiger partial charge in [-0.2, -0.15) is 0 Å². The van der Waals surface area contributed by atoms with Crippen LogP contribution in [0.4, 0.5) is 0 Å². The number of methoxy groups -OCH3 is 1. The maximum absolute atomic E-state index is 13.0. The summed E-state index contributed by atoms with van der Waals surface area (Å²) in [5.41, 5.74) is 2.04. The van der Waals surface area contributed by atoms with Crippen molar-refractivity contribution in [1.82, 2.24) is 10.2 Å². The van der Waals surface area contributed by atoms with E-state index in [-0.39, 0.29) is 25.0 Å². The third-order valence-electron chi connectivity index (χ3n) is 4.87. The van der Waals surface area contributed by atoms with E-state index in [9.17, 15) is 9.59 Å². The van der Waals surface area contributed by atoms with Crippen molar-refractivity contribution in [2.45, 2.75) is 39.3 Å². The van der Waals surface area contributed by atoms with E-state index in [2.05, 4.69) is 35.1 Å². The van der Waals surface area contributed by atoms with Crippen molar-refractivity contribution in [2.75, 3.05) is 20.8 Å². The summed E-state index contributed by atoms with van der Waals surface area (Å²) in [7, 11) is 3.14. The number of carbonyl (C=O) groups is 2. The van der Waals surface area contributed by atoms with E-state index in [0.717, 1.165) is 10.0 Å². The van der Waals surface area contributed by atoms with Crippen molar-refractivity contribution in [3.63, 3.8) is 0 Å². The Morgan fingerprint density at radius 3 is 2.47 bits per heavy atom. The Kier molecular flexibility index (Phi) is 8.72. The molecule has 6 nitrogen and oxygen atoms in total. The molecule has 0 heterocycles. The lowest BCUT2D eigenvalue weighted by Gasteiger charge is -2.28. The number of nitrogens with zero attached hydrogens (tertiary/aromatic N) is 1. The van der Waals surface area contributed by atoms with Crippen molar-refractivity contribution < 1.29 is 19.1 Å². The molecule has 162 valence electrons. The molecule has 2 rings (SSSR count). The van der Waals surface area contributed by atoms with Crippen molar-refractivity contribution in [3.05, 3.63) is 58.1 Å². The van der Waals surface area contributed by atoms with Gasteiger partial charge in [0.25, 0.3) is 5.91 Å². The van der Waals surface area contributed by atoms with E-state index in [0.29, 0.717) is 17.4 Å². The average molecular weight is 477 g/mol. The molecule has 1 atom stereocenters. The van der Waals surface area contributed by atoms with Crippen molar-refractivity contribution in [1.29, 1.82) is 0 Å². The van der Waals surface area contributed by atoms with Gasteiger partial charge >= 0.3 is 0 Å². The van der Waals surface area contributed by atoms with Gasteiger partial charge in [0, 0.05) is 13.6 Å². The largest absolute Gasteiger partial charge is 0.497 e. The van der Waals surface area contributed by atoms with Gasteiger partial charge in [-0.1, -0.05) is 32.0 Å². The molecule has 2 amide bonds. The van der Waals surface area contributed by atoms with Gasteiger partial charge in [-0.3, -0.25) is 9.59 Å². The molecule has 0 bridgehead atoms. The summed E-state index contributed by atoms with van der Waals surface area (Å²) in [5, 5.41) is 2.60. The lowest BCUT2D eigenvalue weighted by molar-refractivity contribution is -0.142. The first kappa shape index (κ1) is 23.7. The highest BCUT2D eigenvalue weighted by Crippen LogP contribution is 2.29. The first-order valence-electron chi connectivity index (χ1n) is 9.83. The van der Waals surface area contributed by atoms with Crippen molar-refractivity contribution in [3.8, 4) is 11.5 Å². The van der Waals surface area contributed by atoms with E-state index in [1.807, 2.05) is 42.5 Å². The number of likely N-dealkylation sites (N-methyl/N-ethyl adjacent to an activating group) is 1. The first-order valence-corrected chi connectivity index (χ1v) is 10.6. The van der Waals surface area contributed by atoms with Gasteiger partial charge in [-0.05, 0) is 64.2 Å². The predicted octanol–water partition coefficient (Wildman–Crippen LogP) is 4.12. The summed E-state index contributed by atoms with van der Waals surface area (Å²) in [6.45, 7) is 6.02. The first-order chi connectivity index (χ1) is 14.3. The molecule has 0 fully saturated rings. The van der Waals surface area contributed by atoms with Crippen molar-refractivity contribution in [2.24, 2.45) is 0 Å². The smallest absolute Gasteiger partial charge is 0.261 e. The fourth-order valence-electron chi connectivity index (χ4n) is 2.97. The van der Waals surface area contributed by atoms with Crippen LogP contribution in [0.25, 0.3) is 0 Å². The van der Waals surface area contributed by atoms with Crippen LogP contribution in [0.5, 0.6) is 11.5 Å². The molecule has 0 aromatic heterocycles. The van der Waals surface area contributed by atoms with E-state index < -0.39 is 6.04 Å². The lowest BCUT2D eigenvalue weighted by Crippen LogP contribution is -2.48. The minimum absolute atomic E-state index is 0.176. The van der Waals surface area contributed by atoms with E-state index in [1.165, 1.54) is 10.5 Å². The summed E-state index contributed by atoms with van der Waals surface area (Å²) in [6.07, 6.45) is 0. The molecule has 2 aromatic rings. The monoisotopic (exact) mass is 476 g/mol. The molecule has 1 unspecified atom stereocenters. The van der Waals surface area contributed by atoms with Gasteiger partial charge in [-0.25, -0.2) is 0 Å². The summed E-state index contributed by atoms with van der Waals surface area (Å²) < 4.78 is 11.8. The molecule has 0 aliphatic heterocycles. The molecular weight excluding hydrogens is 448 g/mol. The van der Waals surface area contributed by atoms with Crippen LogP contribution in [0.1, 0.15) is 37.8 Å². The summed E-state index contributed by atoms with van der Waals surface area (Å²) in [6, 6.07) is 12.6. The predicted molar refractivity (Wildman–Crippen MR) is 121 cm³/mol. The summed E-state index contributed by atoms with van der Waals surface area (Å²) in [4.78, 5) is 26.7. The van der Waals surface area contributed by atoms with Gasteiger partial charge in [0.05, 0.1) is 11.6 Å². The van der Waals surface area contributed by atoms with Crippen LogP contribution < -0.4 is 14.8 Å². The minimum Gasteiger partial charge on any atom is -0.497 e. The van der Waals surface area contributed by atoms with Gasteiger partial charge in [0.15, 0.2) is 6.61 Å². The van der Waals surface area contributed by atoms with Crippen LogP contribution in [0.2, 0.25) is 0 Å². The quantitative estimate of drug-likeness (QED) is 0.590. The Bertz CT molecular complexity index is 885. The van der Waals surface area contributed by atoms with Crippen LogP contribution in [0.3, 0.4) is 0 Å². The second-order valence-electron chi connectivity index (χ2n) is 7.30. The standard InChI is InChI=1S/C23H29BrN2O4/c1-15(2)18-9-10-21(20(24)12-18)30-14-22(27)26(16(3)23(28)25-4)13-17-7-6-8-19(11-17)29-5/h6-12,15-16H,13-14H2,1-5H3,(H,25,28). The van der Waals surface area contributed by atoms with Gasteiger partial charge in [-0.15, -0.1) is 0 Å². The fourth-order valence-corrected chi connectivity index (χ4v) is 3.49. The maximum Gasteiger partial charge on any atom is 0.261 e. The van der Waals surface area contributed by atoms with Crippen molar-refractivity contribution >= 4 is 27.7 Å². The van der Waals surface area contributed by atoms with E-state index >= 15 is 0 Å². The number of rotatable bonds is 9. The SMILES string of the molecule is CNC(=O)C(C)N(Cc1cccc(OC)c1)C(=O)COc1ccc(C(C)C)cc1Br. The highest BCUT2D eigenvalue weighted by atomic mass is 79.9. The lowest BCUT2D eigenvalue weighted by atomic mass is 10.0. The zero-order chi connectivity index (χ0) is 22.3. The van der Waals surface area contributed by atoms with Gasteiger partial charge < -0.3 is 19.7 Å².